The number of hydrogen-bond donors (Lipinski definition) is 2. The van der Waals surface area contributed by atoms with Crippen LogP contribution >= 0.6 is 0 Å². The SMILES string of the molecule is CC1=C(c2ccc(C(=O)O)cc2)[C@@H](c2ccc(OCCN3CC(CF)C3)cc2)Oc2ccc(O)cc21. The summed E-state index contributed by atoms with van der Waals surface area (Å²) in [5.41, 5.74) is 4.62. The molecule has 3 aromatic rings. The molecular weight excluding hydrogens is 461 g/mol. The first-order chi connectivity index (χ1) is 17.4. The first-order valence-corrected chi connectivity index (χ1v) is 12.0. The maximum atomic E-state index is 12.6. The average molecular weight is 490 g/mol. The number of hydrogen-bond acceptors (Lipinski definition) is 5. The molecule has 0 aromatic heterocycles. The number of rotatable bonds is 8. The molecule has 2 aliphatic heterocycles. The van der Waals surface area contributed by atoms with E-state index in [4.69, 9.17) is 9.47 Å². The van der Waals surface area contributed by atoms with Gasteiger partial charge in [-0.1, -0.05) is 24.3 Å². The average Bonchev–Trinajstić information content (AvgIpc) is 2.86. The molecule has 2 aliphatic rings. The van der Waals surface area contributed by atoms with E-state index in [2.05, 4.69) is 4.90 Å². The Kier molecular flexibility index (Phi) is 6.65. The van der Waals surface area contributed by atoms with Gasteiger partial charge in [-0.25, -0.2) is 4.79 Å². The van der Waals surface area contributed by atoms with E-state index >= 15 is 0 Å². The Balaban J connectivity index is 1.39. The zero-order chi connectivity index (χ0) is 25.2. The number of alkyl halides is 1. The third-order valence-electron chi connectivity index (χ3n) is 6.83. The van der Waals surface area contributed by atoms with Crippen LogP contribution in [0.2, 0.25) is 0 Å². The molecule has 0 unspecified atom stereocenters. The van der Waals surface area contributed by atoms with E-state index in [-0.39, 0.29) is 23.9 Å². The molecule has 0 bridgehead atoms. The number of carbonyl (C=O) groups is 1. The van der Waals surface area contributed by atoms with Crippen molar-refractivity contribution in [1.29, 1.82) is 0 Å². The summed E-state index contributed by atoms with van der Waals surface area (Å²) in [7, 11) is 0. The van der Waals surface area contributed by atoms with E-state index in [1.165, 1.54) is 0 Å². The quantitative estimate of drug-likeness (QED) is 0.439. The second kappa shape index (κ2) is 10.0. The summed E-state index contributed by atoms with van der Waals surface area (Å²) in [5, 5.41) is 19.3. The number of halogens is 1. The van der Waals surface area contributed by atoms with Crippen molar-refractivity contribution in [2.45, 2.75) is 13.0 Å². The van der Waals surface area contributed by atoms with Crippen LogP contribution in [0.15, 0.2) is 66.7 Å². The minimum absolute atomic E-state index is 0.149. The summed E-state index contributed by atoms with van der Waals surface area (Å²) in [6, 6.07) is 19.5. The van der Waals surface area contributed by atoms with Crippen LogP contribution in [0.3, 0.4) is 0 Å². The summed E-state index contributed by atoms with van der Waals surface area (Å²) < 4.78 is 24.9. The molecule has 1 saturated heterocycles. The smallest absolute Gasteiger partial charge is 0.335 e. The van der Waals surface area contributed by atoms with Gasteiger partial charge in [-0.15, -0.1) is 0 Å². The fourth-order valence-corrected chi connectivity index (χ4v) is 4.82. The molecule has 7 heteroatoms. The number of likely N-dealkylation sites (tertiary alicyclic amines) is 1. The topological polar surface area (TPSA) is 79.2 Å². The molecule has 2 heterocycles. The molecule has 36 heavy (non-hydrogen) atoms. The number of phenolic OH excluding ortho intramolecular Hbond substituents is 1. The number of ether oxygens (including phenoxy) is 2. The summed E-state index contributed by atoms with van der Waals surface area (Å²) >= 11 is 0. The van der Waals surface area contributed by atoms with E-state index in [9.17, 15) is 19.4 Å². The van der Waals surface area contributed by atoms with Crippen molar-refractivity contribution in [3.8, 4) is 17.2 Å². The lowest BCUT2D eigenvalue weighted by molar-refractivity contribution is 0.0668. The third kappa shape index (κ3) is 4.79. The van der Waals surface area contributed by atoms with Gasteiger partial charge in [0.05, 0.1) is 12.2 Å². The van der Waals surface area contributed by atoms with Crippen molar-refractivity contribution in [3.63, 3.8) is 0 Å². The molecule has 1 atom stereocenters. The second-order valence-corrected chi connectivity index (χ2v) is 9.30. The summed E-state index contributed by atoms with van der Waals surface area (Å²) in [6.45, 7) is 4.61. The van der Waals surface area contributed by atoms with Crippen molar-refractivity contribution in [3.05, 3.63) is 89.0 Å². The molecule has 0 saturated carbocycles. The van der Waals surface area contributed by atoms with Crippen molar-refractivity contribution in [2.75, 3.05) is 32.9 Å². The van der Waals surface area contributed by atoms with Gasteiger partial charge in [0.25, 0.3) is 0 Å². The Morgan fingerprint density at radius 3 is 2.47 bits per heavy atom. The molecule has 3 aromatic carbocycles. The Morgan fingerprint density at radius 2 is 1.81 bits per heavy atom. The van der Waals surface area contributed by atoms with Crippen molar-refractivity contribution in [2.24, 2.45) is 5.92 Å². The van der Waals surface area contributed by atoms with Crippen LogP contribution in [-0.4, -0.2) is 54.0 Å². The molecule has 6 nitrogen and oxygen atoms in total. The van der Waals surface area contributed by atoms with Gasteiger partial charge in [-0.05, 0) is 66.1 Å². The predicted molar refractivity (Wildman–Crippen MR) is 135 cm³/mol. The number of aromatic carboxylic acids is 1. The van der Waals surface area contributed by atoms with E-state index < -0.39 is 12.1 Å². The highest BCUT2D eigenvalue weighted by atomic mass is 19.1. The standard InChI is InChI=1S/C29H28FNO5/c1-18-25-14-23(32)8-11-26(25)36-28(27(18)20-2-4-22(5-3-20)29(33)34)21-6-9-24(10-7-21)35-13-12-31-16-19(15-30)17-31/h2-11,14,19,28,32H,12-13,15-17H2,1H3,(H,33,34)/t28-/m1/s1. The Labute approximate surface area is 209 Å². The minimum atomic E-state index is -0.981. The maximum Gasteiger partial charge on any atom is 0.335 e. The molecule has 0 aliphatic carbocycles. The molecule has 186 valence electrons. The van der Waals surface area contributed by atoms with E-state index in [1.807, 2.05) is 31.2 Å². The monoisotopic (exact) mass is 489 g/mol. The Hall–Kier alpha value is -3.84. The number of nitrogens with zero attached hydrogens (tertiary/aromatic N) is 1. The van der Waals surface area contributed by atoms with Crippen LogP contribution in [0.4, 0.5) is 4.39 Å². The van der Waals surface area contributed by atoms with Crippen LogP contribution < -0.4 is 9.47 Å². The van der Waals surface area contributed by atoms with Crippen molar-refractivity contribution < 1.29 is 28.9 Å². The highest BCUT2D eigenvalue weighted by molar-refractivity contribution is 5.96. The molecular formula is C29H28FNO5. The minimum Gasteiger partial charge on any atom is -0.508 e. The Morgan fingerprint density at radius 1 is 1.08 bits per heavy atom. The van der Waals surface area contributed by atoms with Gasteiger partial charge >= 0.3 is 5.97 Å². The normalized spacial score (nSPS) is 17.8. The number of fused-ring (bicyclic) bond motifs is 1. The number of carboxylic acids is 1. The number of carboxylic acid groups (broad SMARTS) is 1. The lowest BCUT2D eigenvalue weighted by atomic mass is 9.86. The van der Waals surface area contributed by atoms with Gasteiger partial charge in [0.1, 0.15) is 30.0 Å². The van der Waals surface area contributed by atoms with Crippen LogP contribution in [0, 0.1) is 5.92 Å². The van der Waals surface area contributed by atoms with Gasteiger partial charge in [-0.2, -0.15) is 0 Å². The Bertz CT molecular complexity index is 1280. The van der Waals surface area contributed by atoms with Gasteiger partial charge in [-0.3, -0.25) is 9.29 Å². The first kappa shape index (κ1) is 23.9. The van der Waals surface area contributed by atoms with E-state index in [0.717, 1.165) is 53.2 Å². The summed E-state index contributed by atoms with van der Waals surface area (Å²) in [4.78, 5) is 13.5. The molecule has 5 rings (SSSR count). The summed E-state index contributed by atoms with van der Waals surface area (Å²) in [5.74, 6) is 0.750. The van der Waals surface area contributed by atoms with Crippen LogP contribution in [0.5, 0.6) is 17.2 Å². The number of aromatic hydroxyl groups is 1. The van der Waals surface area contributed by atoms with Gasteiger partial charge in [0, 0.05) is 36.7 Å². The zero-order valence-corrected chi connectivity index (χ0v) is 20.0. The maximum absolute atomic E-state index is 12.6. The molecule has 0 radical (unpaired) electrons. The molecule has 1 fully saturated rings. The summed E-state index contributed by atoms with van der Waals surface area (Å²) in [6.07, 6.45) is -0.425. The number of allylic oxidation sites excluding steroid dienone is 1. The molecule has 0 amide bonds. The fraction of sp³-hybridized carbons (Fsp3) is 0.276. The zero-order valence-electron chi connectivity index (χ0n) is 20.0. The van der Waals surface area contributed by atoms with Gasteiger partial charge in [0.2, 0.25) is 0 Å². The third-order valence-corrected chi connectivity index (χ3v) is 6.83. The number of benzene rings is 3. The molecule has 2 N–H and O–H groups in total. The van der Waals surface area contributed by atoms with Crippen LogP contribution in [-0.2, 0) is 0 Å². The van der Waals surface area contributed by atoms with E-state index in [1.54, 1.807) is 42.5 Å². The van der Waals surface area contributed by atoms with Crippen LogP contribution in [0.25, 0.3) is 11.1 Å². The van der Waals surface area contributed by atoms with Gasteiger partial charge in [0.15, 0.2) is 0 Å². The van der Waals surface area contributed by atoms with Crippen molar-refractivity contribution >= 4 is 17.1 Å². The first-order valence-electron chi connectivity index (χ1n) is 12.0. The van der Waals surface area contributed by atoms with E-state index in [0.29, 0.717) is 12.4 Å². The second-order valence-electron chi connectivity index (χ2n) is 9.30. The van der Waals surface area contributed by atoms with Gasteiger partial charge < -0.3 is 19.7 Å². The molecule has 0 spiro atoms. The highest BCUT2D eigenvalue weighted by Crippen LogP contribution is 2.47. The van der Waals surface area contributed by atoms with Crippen molar-refractivity contribution in [1.82, 2.24) is 4.90 Å². The van der Waals surface area contributed by atoms with Crippen LogP contribution in [0.1, 0.15) is 40.1 Å². The number of phenols is 1. The largest absolute Gasteiger partial charge is 0.508 e. The lowest BCUT2D eigenvalue weighted by Gasteiger charge is -2.37. The predicted octanol–water partition coefficient (Wildman–Crippen LogP) is 5.43. The highest BCUT2D eigenvalue weighted by Gasteiger charge is 2.30. The lowest BCUT2D eigenvalue weighted by Crippen LogP contribution is -2.49. The fourth-order valence-electron chi connectivity index (χ4n) is 4.82.